The van der Waals surface area contributed by atoms with Crippen LogP contribution in [0.1, 0.15) is 54.2 Å². The minimum atomic E-state index is -0.323. The van der Waals surface area contributed by atoms with Gasteiger partial charge in [0.25, 0.3) is 11.5 Å². The summed E-state index contributed by atoms with van der Waals surface area (Å²) in [5, 5.41) is 7.80. The number of hydrogen-bond acceptors (Lipinski definition) is 4. The van der Waals surface area contributed by atoms with Gasteiger partial charge < -0.3 is 5.32 Å². The molecule has 1 amide bonds. The number of thioether (sulfide) groups is 1. The van der Waals surface area contributed by atoms with E-state index in [1.165, 1.54) is 11.1 Å². The van der Waals surface area contributed by atoms with E-state index in [1.807, 2.05) is 18.7 Å². The maximum atomic E-state index is 12.6. The number of aryl methyl sites for hydroxylation is 2. The van der Waals surface area contributed by atoms with Gasteiger partial charge in [0.1, 0.15) is 5.56 Å². The third kappa shape index (κ3) is 3.72. The number of hydrogen-bond donors (Lipinski definition) is 1. The molecule has 0 saturated heterocycles. The molecule has 1 N–H and O–H groups in total. The molecule has 6 heteroatoms. The van der Waals surface area contributed by atoms with Crippen molar-refractivity contribution in [2.75, 3.05) is 5.75 Å². The fourth-order valence-corrected chi connectivity index (χ4v) is 4.21. The van der Waals surface area contributed by atoms with E-state index < -0.39 is 0 Å². The van der Waals surface area contributed by atoms with E-state index >= 15 is 0 Å². The maximum absolute atomic E-state index is 12.6. The van der Waals surface area contributed by atoms with Crippen LogP contribution in [0.5, 0.6) is 0 Å². The van der Waals surface area contributed by atoms with Gasteiger partial charge in [-0.1, -0.05) is 13.3 Å². The first-order chi connectivity index (χ1) is 10.4. The van der Waals surface area contributed by atoms with Gasteiger partial charge in [0.2, 0.25) is 0 Å². The van der Waals surface area contributed by atoms with Crippen molar-refractivity contribution in [1.29, 1.82) is 0 Å². The zero-order valence-corrected chi connectivity index (χ0v) is 14.6. The quantitative estimate of drug-likeness (QED) is 0.922. The molecule has 0 bridgehead atoms. The zero-order chi connectivity index (χ0) is 16.3. The van der Waals surface area contributed by atoms with Crippen LogP contribution in [0.15, 0.2) is 4.79 Å². The van der Waals surface area contributed by atoms with E-state index in [9.17, 15) is 9.59 Å². The number of carbonyl (C=O) groups excluding carboxylic acids is 1. The summed E-state index contributed by atoms with van der Waals surface area (Å²) in [6.45, 7) is 5.77. The molecule has 1 aromatic heterocycles. The molecule has 1 saturated carbocycles. The summed E-state index contributed by atoms with van der Waals surface area (Å²) in [6, 6.07) is 0.169. The number of aromatic nitrogens is 2. The molecule has 0 unspecified atom stereocenters. The van der Waals surface area contributed by atoms with Gasteiger partial charge >= 0.3 is 0 Å². The normalized spacial score (nSPS) is 21.6. The van der Waals surface area contributed by atoms with Crippen molar-refractivity contribution in [3.05, 3.63) is 27.2 Å². The van der Waals surface area contributed by atoms with E-state index in [1.54, 1.807) is 14.0 Å². The summed E-state index contributed by atoms with van der Waals surface area (Å²) in [7, 11) is 1.58. The van der Waals surface area contributed by atoms with Crippen LogP contribution in [-0.4, -0.2) is 32.7 Å². The number of carbonyl (C=O) groups is 1. The smallest absolute Gasteiger partial charge is 0.279 e. The van der Waals surface area contributed by atoms with Gasteiger partial charge in [-0.05, 0) is 44.4 Å². The summed E-state index contributed by atoms with van der Waals surface area (Å²) >= 11 is 1.96. The average molecular weight is 323 g/mol. The van der Waals surface area contributed by atoms with Gasteiger partial charge in [0, 0.05) is 18.3 Å². The third-order valence-electron chi connectivity index (χ3n) is 4.32. The third-order valence-corrected chi connectivity index (χ3v) is 5.55. The molecular formula is C16H25N3O2S. The molecule has 1 heterocycles. The van der Waals surface area contributed by atoms with Crippen molar-refractivity contribution < 1.29 is 4.79 Å². The topological polar surface area (TPSA) is 64.0 Å². The minimum absolute atomic E-state index is 0.169. The van der Waals surface area contributed by atoms with Gasteiger partial charge in [-0.15, -0.1) is 0 Å². The van der Waals surface area contributed by atoms with E-state index in [-0.39, 0.29) is 23.1 Å². The molecule has 1 aliphatic rings. The highest BCUT2D eigenvalue weighted by molar-refractivity contribution is 7.99. The molecule has 22 heavy (non-hydrogen) atoms. The fraction of sp³-hybridized carbons (Fsp3) is 0.688. The lowest BCUT2D eigenvalue weighted by Crippen LogP contribution is -2.42. The average Bonchev–Trinajstić information content (AvgIpc) is 2.46. The molecule has 1 aliphatic carbocycles. The second-order valence-electron chi connectivity index (χ2n) is 5.93. The first-order valence-electron chi connectivity index (χ1n) is 7.91. The van der Waals surface area contributed by atoms with E-state index in [0.29, 0.717) is 10.8 Å². The Kier molecular flexibility index (Phi) is 5.67. The highest BCUT2D eigenvalue weighted by atomic mass is 32.2. The first-order valence-corrected chi connectivity index (χ1v) is 8.95. The number of rotatable bonds is 4. The molecule has 122 valence electrons. The predicted octanol–water partition coefficient (Wildman–Crippen LogP) is 2.19. The molecule has 0 radical (unpaired) electrons. The fourth-order valence-electron chi connectivity index (χ4n) is 3.04. The largest absolute Gasteiger partial charge is 0.349 e. The lowest BCUT2D eigenvalue weighted by Gasteiger charge is -2.29. The lowest BCUT2D eigenvalue weighted by molar-refractivity contribution is 0.0925. The number of nitrogens with one attached hydrogen (secondary N) is 1. The Morgan fingerprint density at radius 3 is 2.82 bits per heavy atom. The highest BCUT2D eigenvalue weighted by Gasteiger charge is 2.25. The molecule has 1 aromatic rings. The Balaban J connectivity index is 2.14. The summed E-state index contributed by atoms with van der Waals surface area (Å²) in [6.07, 6.45) is 4.35. The number of nitrogens with zero attached hydrogens (tertiary/aromatic N) is 2. The molecule has 0 spiro atoms. The monoisotopic (exact) mass is 323 g/mol. The highest BCUT2D eigenvalue weighted by Crippen LogP contribution is 2.28. The summed E-state index contributed by atoms with van der Waals surface area (Å²) in [4.78, 5) is 24.8. The Morgan fingerprint density at radius 1 is 1.41 bits per heavy atom. The van der Waals surface area contributed by atoms with Crippen LogP contribution in [-0.2, 0) is 7.05 Å². The molecule has 0 aromatic carbocycles. The zero-order valence-electron chi connectivity index (χ0n) is 13.8. The van der Waals surface area contributed by atoms with Crippen molar-refractivity contribution in [3.8, 4) is 0 Å². The van der Waals surface area contributed by atoms with Gasteiger partial charge in [0.15, 0.2) is 0 Å². The van der Waals surface area contributed by atoms with Crippen molar-refractivity contribution in [2.45, 2.75) is 57.7 Å². The second kappa shape index (κ2) is 7.31. The summed E-state index contributed by atoms with van der Waals surface area (Å²) in [5.41, 5.74) is 1.31. The van der Waals surface area contributed by atoms with E-state index in [0.717, 1.165) is 30.7 Å². The molecule has 2 rings (SSSR count). The van der Waals surface area contributed by atoms with Crippen LogP contribution in [0.4, 0.5) is 0 Å². The van der Waals surface area contributed by atoms with Crippen molar-refractivity contribution in [3.63, 3.8) is 0 Å². The standard InChI is InChI=1S/C16H25N3O2S/c1-5-22-13-8-6-7-12(9-13)17-15(20)14-10(2)11(3)18-19(4)16(14)21/h12-13H,5-9H2,1-4H3,(H,17,20)/t12-,13+/m1/s1. The maximum Gasteiger partial charge on any atom is 0.279 e. The van der Waals surface area contributed by atoms with Crippen molar-refractivity contribution >= 4 is 17.7 Å². The summed E-state index contributed by atoms with van der Waals surface area (Å²) in [5.74, 6) is 0.852. The second-order valence-corrected chi connectivity index (χ2v) is 7.51. The van der Waals surface area contributed by atoms with Crippen LogP contribution in [0.25, 0.3) is 0 Å². The first kappa shape index (κ1) is 17.1. The van der Waals surface area contributed by atoms with Gasteiger partial charge in [0.05, 0.1) is 5.69 Å². The predicted molar refractivity (Wildman–Crippen MR) is 90.6 cm³/mol. The lowest BCUT2D eigenvalue weighted by atomic mass is 9.94. The van der Waals surface area contributed by atoms with Crippen molar-refractivity contribution in [2.24, 2.45) is 7.05 Å². The Labute approximate surface area is 135 Å². The molecule has 0 aliphatic heterocycles. The van der Waals surface area contributed by atoms with Gasteiger partial charge in [-0.3, -0.25) is 9.59 Å². The van der Waals surface area contributed by atoms with E-state index in [2.05, 4.69) is 17.3 Å². The van der Waals surface area contributed by atoms with Crippen molar-refractivity contribution in [1.82, 2.24) is 15.1 Å². The summed E-state index contributed by atoms with van der Waals surface area (Å²) < 4.78 is 1.24. The van der Waals surface area contributed by atoms with Crippen LogP contribution in [0.2, 0.25) is 0 Å². The minimum Gasteiger partial charge on any atom is -0.349 e. The molecule has 5 nitrogen and oxygen atoms in total. The van der Waals surface area contributed by atoms with Crippen LogP contribution in [0, 0.1) is 13.8 Å². The Hall–Kier alpha value is -1.30. The molecule has 1 fully saturated rings. The van der Waals surface area contributed by atoms with Crippen LogP contribution in [0.3, 0.4) is 0 Å². The van der Waals surface area contributed by atoms with Crippen LogP contribution < -0.4 is 10.9 Å². The van der Waals surface area contributed by atoms with Crippen LogP contribution >= 0.6 is 11.8 Å². The molecular weight excluding hydrogens is 298 g/mol. The van der Waals surface area contributed by atoms with Gasteiger partial charge in [-0.25, -0.2) is 4.68 Å². The molecule has 2 atom stereocenters. The Morgan fingerprint density at radius 2 is 2.14 bits per heavy atom. The Bertz CT molecular complexity index is 610. The number of amides is 1. The SMILES string of the molecule is CCS[C@H]1CCC[C@@H](NC(=O)c2c(C)c(C)nn(C)c2=O)C1. The van der Waals surface area contributed by atoms with Gasteiger partial charge in [-0.2, -0.15) is 16.9 Å². The van der Waals surface area contributed by atoms with E-state index in [4.69, 9.17) is 0 Å².